The third-order valence-corrected chi connectivity index (χ3v) is 4.32. The fourth-order valence-electron chi connectivity index (χ4n) is 2.47. The van der Waals surface area contributed by atoms with Crippen molar-refractivity contribution in [3.63, 3.8) is 0 Å². The number of rotatable bonds is 4. The van der Waals surface area contributed by atoms with Crippen LogP contribution in [0, 0.1) is 5.82 Å². The largest absolute Gasteiger partial charge is 0.314 e. The average Bonchev–Trinajstić information content (AvgIpc) is 2.43. The lowest BCUT2D eigenvalue weighted by molar-refractivity contribution is -0.129. The van der Waals surface area contributed by atoms with Gasteiger partial charge >= 0.3 is 0 Å². The fraction of sp³-hybridized carbons (Fsp3) is 0.533. The molecule has 0 aromatic heterocycles. The van der Waals surface area contributed by atoms with Crippen molar-refractivity contribution in [1.29, 1.82) is 0 Å². The summed E-state index contributed by atoms with van der Waals surface area (Å²) in [6, 6.07) is 4.14. The summed E-state index contributed by atoms with van der Waals surface area (Å²) in [6.45, 7) is 7.31. The van der Waals surface area contributed by atoms with Gasteiger partial charge in [-0.25, -0.2) is 4.39 Å². The number of carbonyl (C=O) groups is 1. The Kier molecular flexibility index (Phi) is 4.78. The normalized spacial score (nSPS) is 17.2. The van der Waals surface area contributed by atoms with Gasteiger partial charge in [-0.15, -0.1) is 0 Å². The lowest BCUT2D eigenvalue weighted by Gasteiger charge is -2.40. The van der Waals surface area contributed by atoms with E-state index in [1.165, 1.54) is 18.2 Å². The zero-order valence-corrected chi connectivity index (χ0v) is 12.6. The monoisotopic (exact) mass is 298 g/mol. The van der Waals surface area contributed by atoms with Gasteiger partial charge in [0.25, 0.3) is 0 Å². The highest BCUT2D eigenvalue weighted by molar-refractivity contribution is 6.31. The number of halogens is 2. The molecule has 0 atom stereocenters. The van der Waals surface area contributed by atoms with Crippen molar-refractivity contribution >= 4 is 17.4 Å². The molecule has 0 aliphatic carbocycles. The maximum absolute atomic E-state index is 13.3. The molecule has 110 valence electrons. The molecule has 20 heavy (non-hydrogen) atoms. The first-order valence-electron chi connectivity index (χ1n) is 6.84. The van der Waals surface area contributed by atoms with Gasteiger partial charge < -0.3 is 5.32 Å². The second kappa shape index (κ2) is 6.20. The number of nitrogens with one attached hydrogen (secondary N) is 1. The first-order chi connectivity index (χ1) is 9.41. The van der Waals surface area contributed by atoms with E-state index in [4.69, 9.17) is 11.6 Å². The highest BCUT2D eigenvalue weighted by Crippen LogP contribution is 2.23. The molecular weight excluding hydrogens is 279 g/mol. The van der Waals surface area contributed by atoms with Crippen LogP contribution in [-0.2, 0) is 11.2 Å². The quantitative estimate of drug-likeness (QED) is 0.925. The maximum Gasteiger partial charge on any atom is 0.156 e. The van der Waals surface area contributed by atoms with E-state index in [9.17, 15) is 9.18 Å². The van der Waals surface area contributed by atoms with Crippen molar-refractivity contribution in [3.05, 3.63) is 34.6 Å². The first kappa shape index (κ1) is 15.4. The fourth-order valence-corrected chi connectivity index (χ4v) is 2.65. The van der Waals surface area contributed by atoms with E-state index in [-0.39, 0.29) is 18.0 Å². The second-order valence-electron chi connectivity index (χ2n) is 5.63. The van der Waals surface area contributed by atoms with Crippen LogP contribution < -0.4 is 5.32 Å². The topological polar surface area (TPSA) is 32.3 Å². The van der Waals surface area contributed by atoms with Gasteiger partial charge in [0.05, 0.1) is 5.54 Å². The molecule has 1 aromatic rings. The van der Waals surface area contributed by atoms with E-state index in [2.05, 4.69) is 10.2 Å². The molecule has 0 bridgehead atoms. The lowest BCUT2D eigenvalue weighted by atomic mass is 9.91. The number of hydrogen-bond donors (Lipinski definition) is 1. The van der Waals surface area contributed by atoms with Gasteiger partial charge in [0.15, 0.2) is 5.78 Å². The van der Waals surface area contributed by atoms with Gasteiger partial charge in [0.2, 0.25) is 0 Å². The highest BCUT2D eigenvalue weighted by atomic mass is 35.5. The Morgan fingerprint density at radius 2 is 2.05 bits per heavy atom. The van der Waals surface area contributed by atoms with E-state index in [0.717, 1.165) is 26.2 Å². The van der Waals surface area contributed by atoms with E-state index in [1.807, 2.05) is 13.8 Å². The summed E-state index contributed by atoms with van der Waals surface area (Å²) in [7, 11) is 0. The molecule has 1 aliphatic heterocycles. The zero-order chi connectivity index (χ0) is 14.8. The minimum Gasteiger partial charge on any atom is -0.314 e. The van der Waals surface area contributed by atoms with Crippen LogP contribution in [0.15, 0.2) is 18.2 Å². The first-order valence-corrected chi connectivity index (χ1v) is 7.22. The molecule has 2 rings (SSSR count). The number of hydrogen-bond acceptors (Lipinski definition) is 3. The number of piperazine rings is 1. The van der Waals surface area contributed by atoms with Crippen molar-refractivity contribution in [1.82, 2.24) is 10.2 Å². The summed E-state index contributed by atoms with van der Waals surface area (Å²) < 4.78 is 13.3. The third kappa shape index (κ3) is 3.37. The molecule has 3 nitrogen and oxygen atoms in total. The smallest absolute Gasteiger partial charge is 0.156 e. The van der Waals surface area contributed by atoms with Gasteiger partial charge in [-0.05, 0) is 37.6 Å². The molecule has 1 heterocycles. The molecule has 1 aliphatic rings. The van der Waals surface area contributed by atoms with Gasteiger partial charge in [-0.1, -0.05) is 11.6 Å². The molecular formula is C15H20ClFN2O. The highest BCUT2D eigenvalue weighted by Gasteiger charge is 2.34. The van der Waals surface area contributed by atoms with Crippen LogP contribution in [0.5, 0.6) is 0 Å². The average molecular weight is 299 g/mol. The Labute approximate surface area is 124 Å². The van der Waals surface area contributed by atoms with Crippen molar-refractivity contribution in [2.75, 3.05) is 26.2 Å². The van der Waals surface area contributed by atoms with Gasteiger partial charge in [0.1, 0.15) is 5.82 Å². The number of nitrogens with zero attached hydrogens (tertiary/aromatic N) is 1. The summed E-state index contributed by atoms with van der Waals surface area (Å²) in [6.07, 6.45) is 0.160. The van der Waals surface area contributed by atoms with E-state index in [1.54, 1.807) is 0 Å². The Hall–Kier alpha value is -0.970. The molecule has 1 N–H and O–H groups in total. The van der Waals surface area contributed by atoms with Crippen LogP contribution in [0.4, 0.5) is 4.39 Å². The summed E-state index contributed by atoms with van der Waals surface area (Å²) in [5.41, 5.74) is -0.00235. The van der Waals surface area contributed by atoms with Gasteiger partial charge in [0, 0.05) is 37.6 Å². The van der Waals surface area contributed by atoms with Crippen LogP contribution in [0.25, 0.3) is 0 Å². The Bertz CT molecular complexity index is 499. The Morgan fingerprint density at radius 3 is 2.70 bits per heavy atom. The molecule has 5 heteroatoms. The van der Waals surface area contributed by atoms with Gasteiger partial charge in [-0.3, -0.25) is 9.69 Å². The molecule has 1 aromatic carbocycles. The van der Waals surface area contributed by atoms with E-state index in [0.29, 0.717) is 10.6 Å². The molecule has 0 amide bonds. The second-order valence-corrected chi connectivity index (χ2v) is 6.04. The maximum atomic E-state index is 13.3. The SMILES string of the molecule is CC(C)(C(=O)Cc1cc(F)ccc1Cl)N1CCNCC1. The summed E-state index contributed by atoms with van der Waals surface area (Å²) >= 11 is 6.03. The number of ketones is 1. The number of Topliss-reactive ketones (excluding diaryl/α,β-unsaturated/α-hetero) is 1. The Morgan fingerprint density at radius 1 is 1.40 bits per heavy atom. The molecule has 0 saturated carbocycles. The van der Waals surface area contributed by atoms with Crippen LogP contribution in [0.2, 0.25) is 5.02 Å². The summed E-state index contributed by atoms with van der Waals surface area (Å²) in [5, 5.41) is 3.71. The van der Waals surface area contributed by atoms with E-state index >= 15 is 0 Å². The summed E-state index contributed by atoms with van der Waals surface area (Å²) in [4.78, 5) is 14.7. The lowest BCUT2D eigenvalue weighted by Crippen LogP contribution is -2.57. The summed E-state index contributed by atoms with van der Waals surface area (Å²) in [5.74, 6) is -0.302. The van der Waals surface area contributed by atoms with Crippen molar-refractivity contribution in [2.24, 2.45) is 0 Å². The Balaban J connectivity index is 2.11. The minimum atomic E-state index is -0.558. The predicted molar refractivity (Wildman–Crippen MR) is 78.6 cm³/mol. The molecule has 1 fully saturated rings. The molecule has 0 radical (unpaired) electrons. The molecule has 0 spiro atoms. The van der Waals surface area contributed by atoms with Crippen molar-refractivity contribution < 1.29 is 9.18 Å². The van der Waals surface area contributed by atoms with Crippen molar-refractivity contribution in [3.8, 4) is 0 Å². The number of benzene rings is 1. The molecule has 0 unspecified atom stereocenters. The standard InChI is InChI=1S/C15H20ClFN2O/c1-15(2,19-7-5-18-6-8-19)14(20)10-11-9-12(17)3-4-13(11)16/h3-4,9,18H,5-8,10H2,1-2H3. The van der Waals surface area contributed by atoms with Crippen LogP contribution >= 0.6 is 11.6 Å². The van der Waals surface area contributed by atoms with E-state index < -0.39 is 5.54 Å². The predicted octanol–water partition coefficient (Wildman–Crippen LogP) is 2.27. The number of carbonyl (C=O) groups excluding carboxylic acids is 1. The molecule has 1 saturated heterocycles. The van der Waals surface area contributed by atoms with Crippen LogP contribution in [0.1, 0.15) is 19.4 Å². The zero-order valence-electron chi connectivity index (χ0n) is 11.9. The van der Waals surface area contributed by atoms with Crippen molar-refractivity contribution in [2.45, 2.75) is 25.8 Å². The minimum absolute atomic E-state index is 0.0619. The van der Waals surface area contributed by atoms with Crippen LogP contribution in [-0.4, -0.2) is 42.4 Å². The third-order valence-electron chi connectivity index (χ3n) is 3.95. The van der Waals surface area contributed by atoms with Gasteiger partial charge in [-0.2, -0.15) is 0 Å². The van der Waals surface area contributed by atoms with Crippen LogP contribution in [0.3, 0.4) is 0 Å².